The third kappa shape index (κ3) is 4.63. The van der Waals surface area contributed by atoms with E-state index in [0.717, 1.165) is 11.1 Å². The molecule has 21 heavy (non-hydrogen) atoms. The normalized spacial score (nSPS) is 12.4. The highest BCUT2D eigenvalue weighted by Crippen LogP contribution is 2.18. The van der Waals surface area contributed by atoms with Crippen LogP contribution in [0.3, 0.4) is 0 Å². The maximum absolute atomic E-state index is 8.75. The molecule has 0 N–H and O–H groups in total. The Balaban J connectivity index is 2.36. The van der Waals surface area contributed by atoms with Crippen LogP contribution in [0.25, 0.3) is 11.6 Å². The zero-order valence-corrected chi connectivity index (χ0v) is 12.0. The third-order valence-electron chi connectivity index (χ3n) is 3.10. The first kappa shape index (κ1) is 14.6. The summed E-state index contributed by atoms with van der Waals surface area (Å²) in [6.07, 6.45) is 7.50. The fraction of sp³-hybridized carbons (Fsp3) is 0.0500. The lowest BCUT2D eigenvalue weighted by Crippen LogP contribution is -1.81. The summed E-state index contributed by atoms with van der Waals surface area (Å²) in [5, 5.41) is 8.75. The second kappa shape index (κ2) is 7.67. The smallest absolute Gasteiger partial charge is 0.0912 e. The van der Waals surface area contributed by atoms with E-state index in [1.807, 2.05) is 60.7 Å². The molecule has 2 aromatic carbocycles. The molecule has 1 nitrogen and oxygen atoms in total. The number of nitrogens with zero attached hydrogens (tertiary/aromatic N) is 1. The molecule has 0 fully saturated rings. The van der Waals surface area contributed by atoms with Crippen LogP contribution in [0.1, 0.15) is 18.1 Å². The van der Waals surface area contributed by atoms with Gasteiger partial charge in [-0.05, 0) is 41.3 Å². The molecule has 2 rings (SSSR count). The third-order valence-corrected chi connectivity index (χ3v) is 3.10. The van der Waals surface area contributed by atoms with Gasteiger partial charge >= 0.3 is 0 Å². The van der Waals surface area contributed by atoms with Crippen molar-refractivity contribution in [3.8, 4) is 6.07 Å². The van der Waals surface area contributed by atoms with Crippen molar-refractivity contribution in [1.82, 2.24) is 0 Å². The minimum Gasteiger partial charge on any atom is -0.193 e. The van der Waals surface area contributed by atoms with Gasteiger partial charge in [-0.25, -0.2) is 0 Å². The van der Waals surface area contributed by atoms with Gasteiger partial charge in [-0.3, -0.25) is 0 Å². The molecule has 0 heterocycles. The van der Waals surface area contributed by atoms with Crippen molar-refractivity contribution in [2.24, 2.45) is 0 Å². The first-order valence-corrected chi connectivity index (χ1v) is 6.86. The Labute approximate surface area is 126 Å². The van der Waals surface area contributed by atoms with Gasteiger partial charge in [0, 0.05) is 6.08 Å². The summed E-state index contributed by atoms with van der Waals surface area (Å²) < 4.78 is 0. The van der Waals surface area contributed by atoms with Crippen LogP contribution < -0.4 is 0 Å². The fourth-order valence-corrected chi connectivity index (χ4v) is 2.05. The molecule has 0 unspecified atom stereocenters. The van der Waals surface area contributed by atoms with Gasteiger partial charge in [-0.15, -0.1) is 0 Å². The predicted molar refractivity (Wildman–Crippen MR) is 89.3 cm³/mol. The van der Waals surface area contributed by atoms with Crippen molar-refractivity contribution in [2.45, 2.75) is 6.92 Å². The number of rotatable bonds is 4. The van der Waals surface area contributed by atoms with Gasteiger partial charge in [-0.1, -0.05) is 66.7 Å². The number of allylic oxidation sites excluding steroid dienone is 5. The van der Waals surface area contributed by atoms with Crippen molar-refractivity contribution in [3.63, 3.8) is 0 Å². The molecule has 0 radical (unpaired) electrons. The second-order valence-electron chi connectivity index (χ2n) is 4.71. The van der Waals surface area contributed by atoms with Gasteiger partial charge < -0.3 is 0 Å². The molecule has 0 aliphatic heterocycles. The molecule has 2 aromatic rings. The highest BCUT2D eigenvalue weighted by atomic mass is 14.2. The van der Waals surface area contributed by atoms with Crippen molar-refractivity contribution in [1.29, 1.82) is 5.26 Å². The summed E-state index contributed by atoms with van der Waals surface area (Å²) in [6, 6.07) is 22.4. The van der Waals surface area contributed by atoms with Gasteiger partial charge in [0.15, 0.2) is 0 Å². The minimum atomic E-state index is 1.00. The molecule has 0 bridgehead atoms. The number of hydrogen-bond acceptors (Lipinski definition) is 1. The molecular formula is C20H17N. The average molecular weight is 271 g/mol. The summed E-state index contributed by atoms with van der Waals surface area (Å²) in [4.78, 5) is 0. The summed E-state index contributed by atoms with van der Waals surface area (Å²) >= 11 is 0. The van der Waals surface area contributed by atoms with Crippen LogP contribution in [-0.2, 0) is 0 Å². The van der Waals surface area contributed by atoms with Gasteiger partial charge in [0.2, 0.25) is 0 Å². The van der Waals surface area contributed by atoms with E-state index in [0.29, 0.717) is 0 Å². The maximum Gasteiger partial charge on any atom is 0.0912 e. The van der Waals surface area contributed by atoms with Gasteiger partial charge in [0.1, 0.15) is 0 Å². The van der Waals surface area contributed by atoms with Crippen LogP contribution in [0.15, 0.2) is 84.5 Å². The molecule has 0 aliphatic carbocycles. The Bertz CT molecular complexity index is 699. The van der Waals surface area contributed by atoms with Crippen LogP contribution in [-0.4, -0.2) is 0 Å². The van der Waals surface area contributed by atoms with Crippen molar-refractivity contribution < 1.29 is 0 Å². The molecule has 0 saturated heterocycles. The summed E-state index contributed by atoms with van der Waals surface area (Å²) in [5.74, 6) is 0. The molecule has 0 aliphatic rings. The molecular weight excluding hydrogens is 254 g/mol. The summed E-state index contributed by atoms with van der Waals surface area (Å²) in [6.45, 7) is 2.08. The molecule has 0 saturated carbocycles. The fourth-order valence-electron chi connectivity index (χ4n) is 2.05. The quantitative estimate of drug-likeness (QED) is 0.550. The lowest BCUT2D eigenvalue weighted by molar-refractivity contribution is 1.52. The number of hydrogen-bond donors (Lipinski definition) is 0. The van der Waals surface area contributed by atoms with Crippen LogP contribution in [0.5, 0.6) is 0 Å². The van der Waals surface area contributed by atoms with Gasteiger partial charge in [0.05, 0.1) is 6.07 Å². The SMILES string of the molecule is CC(=CC(C=CC#N)=Cc1ccccc1)c1ccccc1. The average Bonchev–Trinajstić information content (AvgIpc) is 2.54. The molecule has 1 heteroatoms. The van der Waals surface area contributed by atoms with E-state index < -0.39 is 0 Å². The van der Waals surface area contributed by atoms with Gasteiger partial charge in [-0.2, -0.15) is 5.26 Å². The Hall–Kier alpha value is -2.85. The van der Waals surface area contributed by atoms with E-state index in [9.17, 15) is 0 Å². The Morgan fingerprint density at radius 1 is 0.952 bits per heavy atom. The summed E-state index contributed by atoms with van der Waals surface area (Å²) in [7, 11) is 0. The molecule has 0 spiro atoms. The van der Waals surface area contributed by atoms with E-state index in [4.69, 9.17) is 5.26 Å². The standard InChI is InChI=1S/C20H17N/c1-17(20-12-6-3-7-13-20)15-19(11-8-14-21)16-18-9-4-2-5-10-18/h2-13,15-16H,1H3. The monoisotopic (exact) mass is 271 g/mol. The van der Waals surface area contributed by atoms with Crippen LogP contribution in [0.4, 0.5) is 0 Å². The molecule has 102 valence electrons. The van der Waals surface area contributed by atoms with E-state index >= 15 is 0 Å². The summed E-state index contributed by atoms with van der Waals surface area (Å²) in [5.41, 5.74) is 4.47. The van der Waals surface area contributed by atoms with Crippen molar-refractivity contribution in [3.05, 3.63) is 95.6 Å². The lowest BCUT2D eigenvalue weighted by atomic mass is 10.0. The van der Waals surface area contributed by atoms with Crippen molar-refractivity contribution in [2.75, 3.05) is 0 Å². The highest BCUT2D eigenvalue weighted by Gasteiger charge is 1.96. The van der Waals surface area contributed by atoms with Crippen molar-refractivity contribution >= 4 is 11.6 Å². The van der Waals surface area contributed by atoms with E-state index in [1.165, 1.54) is 17.2 Å². The zero-order valence-electron chi connectivity index (χ0n) is 12.0. The topological polar surface area (TPSA) is 23.8 Å². The maximum atomic E-state index is 8.75. The Morgan fingerprint density at radius 3 is 2.19 bits per heavy atom. The predicted octanol–water partition coefficient (Wildman–Crippen LogP) is 5.25. The van der Waals surface area contributed by atoms with E-state index in [2.05, 4.69) is 31.2 Å². The molecule has 0 amide bonds. The number of nitriles is 1. The first-order chi connectivity index (χ1) is 10.3. The van der Waals surface area contributed by atoms with Crippen LogP contribution in [0, 0.1) is 11.3 Å². The molecule has 0 aromatic heterocycles. The Morgan fingerprint density at radius 2 is 1.57 bits per heavy atom. The first-order valence-electron chi connectivity index (χ1n) is 6.86. The lowest BCUT2D eigenvalue weighted by Gasteiger charge is -2.03. The second-order valence-corrected chi connectivity index (χ2v) is 4.71. The van der Waals surface area contributed by atoms with Crippen LogP contribution in [0.2, 0.25) is 0 Å². The minimum absolute atomic E-state index is 1.00. The van der Waals surface area contributed by atoms with Gasteiger partial charge in [0.25, 0.3) is 0 Å². The van der Waals surface area contributed by atoms with Crippen LogP contribution >= 0.6 is 0 Å². The number of benzene rings is 2. The highest BCUT2D eigenvalue weighted by molar-refractivity contribution is 5.71. The largest absolute Gasteiger partial charge is 0.193 e. The zero-order chi connectivity index (χ0) is 14.9. The Kier molecular flexibility index (Phi) is 5.32. The molecule has 0 atom stereocenters. The van der Waals surface area contributed by atoms with E-state index in [-0.39, 0.29) is 0 Å². The van der Waals surface area contributed by atoms with E-state index in [1.54, 1.807) is 0 Å².